The Labute approximate surface area is 170 Å². The maximum atomic E-state index is 13.0. The summed E-state index contributed by atoms with van der Waals surface area (Å²) in [5.74, 6) is 1.26. The lowest BCUT2D eigenvalue weighted by Gasteiger charge is -2.34. The molecule has 0 bridgehead atoms. The second-order valence-corrected chi connectivity index (χ2v) is 8.70. The molecule has 1 aliphatic heterocycles. The third kappa shape index (κ3) is 3.64. The Morgan fingerprint density at radius 2 is 2.00 bits per heavy atom. The first-order valence-corrected chi connectivity index (χ1v) is 9.83. The van der Waals surface area contributed by atoms with Crippen LogP contribution in [0.15, 0.2) is 41.1 Å². The summed E-state index contributed by atoms with van der Waals surface area (Å²) in [7, 11) is 1.94. The van der Waals surface area contributed by atoms with Gasteiger partial charge in [0, 0.05) is 48.8 Å². The van der Waals surface area contributed by atoms with Gasteiger partial charge >= 0.3 is 6.03 Å². The number of nitrogens with zero attached hydrogens (tertiary/aromatic N) is 4. The quantitative estimate of drug-likeness (QED) is 0.708. The van der Waals surface area contributed by atoms with Crippen molar-refractivity contribution in [1.29, 1.82) is 0 Å². The van der Waals surface area contributed by atoms with E-state index in [1.165, 1.54) is 5.56 Å². The van der Waals surface area contributed by atoms with Gasteiger partial charge in [0.05, 0.1) is 6.20 Å². The van der Waals surface area contributed by atoms with Gasteiger partial charge in [0.2, 0.25) is 0 Å². The maximum Gasteiger partial charge on any atom is 0.323 e. The van der Waals surface area contributed by atoms with Crippen molar-refractivity contribution in [2.75, 3.05) is 11.9 Å². The highest BCUT2D eigenvalue weighted by Crippen LogP contribution is 2.35. The number of hydrogen-bond acceptors (Lipinski definition) is 4. The maximum absolute atomic E-state index is 13.0. The number of aromatic nitrogens is 3. The molecule has 0 radical (unpaired) electrons. The monoisotopic (exact) mass is 393 g/mol. The van der Waals surface area contributed by atoms with Crippen molar-refractivity contribution in [3.05, 3.63) is 64.7 Å². The largest absolute Gasteiger partial charge is 0.359 e. The standard InChI is InChI=1S/C22H27N5O2/c1-14-17(11-23-26(14)5)18-13-27(12-15-8-6-7-9-16(15)18)21(28)24-20-10-19(29-25-20)22(2,3)4/h6-11,18H,12-13H2,1-5H3,(H,24,25,28). The Bertz CT molecular complexity index is 1040. The average Bonchev–Trinajstić information content (AvgIpc) is 3.28. The number of aryl methyl sites for hydroxylation is 1. The Kier molecular flexibility index (Phi) is 4.68. The molecule has 0 spiro atoms. The van der Waals surface area contributed by atoms with Gasteiger partial charge in [-0.2, -0.15) is 5.10 Å². The van der Waals surface area contributed by atoms with Crippen molar-refractivity contribution in [3.63, 3.8) is 0 Å². The zero-order valence-electron chi connectivity index (χ0n) is 17.6. The Morgan fingerprint density at radius 3 is 2.66 bits per heavy atom. The van der Waals surface area contributed by atoms with E-state index in [1.54, 1.807) is 6.07 Å². The minimum atomic E-state index is -0.181. The topological polar surface area (TPSA) is 76.2 Å². The number of anilines is 1. The zero-order chi connectivity index (χ0) is 20.8. The Balaban J connectivity index is 1.59. The van der Waals surface area contributed by atoms with Crippen LogP contribution < -0.4 is 5.32 Å². The van der Waals surface area contributed by atoms with E-state index < -0.39 is 0 Å². The molecular weight excluding hydrogens is 366 g/mol. The van der Waals surface area contributed by atoms with Crippen LogP contribution in [0.4, 0.5) is 10.6 Å². The van der Waals surface area contributed by atoms with Gasteiger partial charge in [-0.1, -0.05) is 50.2 Å². The first-order chi connectivity index (χ1) is 13.7. The molecule has 1 atom stereocenters. The van der Waals surface area contributed by atoms with Crippen LogP contribution in [0.3, 0.4) is 0 Å². The van der Waals surface area contributed by atoms with Crippen LogP contribution >= 0.6 is 0 Å². The number of rotatable bonds is 2. The molecular formula is C22H27N5O2. The smallest absolute Gasteiger partial charge is 0.323 e. The van der Waals surface area contributed by atoms with Gasteiger partial charge in [-0.05, 0) is 18.1 Å². The summed E-state index contributed by atoms with van der Waals surface area (Å²) in [6.45, 7) is 9.33. The van der Waals surface area contributed by atoms with E-state index in [9.17, 15) is 4.79 Å². The molecule has 2 amide bonds. The molecule has 3 heterocycles. The summed E-state index contributed by atoms with van der Waals surface area (Å²) in [5, 5.41) is 11.3. The van der Waals surface area contributed by atoms with E-state index in [1.807, 2.05) is 49.7 Å². The number of fused-ring (bicyclic) bond motifs is 1. The molecule has 29 heavy (non-hydrogen) atoms. The highest BCUT2D eigenvalue weighted by atomic mass is 16.5. The van der Waals surface area contributed by atoms with Crippen molar-refractivity contribution >= 4 is 11.8 Å². The molecule has 4 rings (SSSR count). The summed E-state index contributed by atoms with van der Waals surface area (Å²) in [4.78, 5) is 14.8. The Hall–Kier alpha value is -3.09. The average molecular weight is 393 g/mol. The first kappa shape index (κ1) is 19.2. The van der Waals surface area contributed by atoms with Gasteiger partial charge in [0.1, 0.15) is 5.76 Å². The highest BCUT2D eigenvalue weighted by molar-refractivity contribution is 5.88. The number of nitrogens with one attached hydrogen (secondary N) is 1. The fourth-order valence-corrected chi connectivity index (χ4v) is 3.76. The van der Waals surface area contributed by atoms with E-state index in [0.29, 0.717) is 18.9 Å². The molecule has 1 aliphatic rings. The molecule has 1 N–H and O–H groups in total. The molecule has 0 fully saturated rings. The number of carbonyl (C=O) groups excluding carboxylic acids is 1. The van der Waals surface area contributed by atoms with E-state index in [2.05, 4.69) is 40.7 Å². The molecule has 152 valence electrons. The summed E-state index contributed by atoms with van der Waals surface area (Å²) >= 11 is 0. The predicted octanol–water partition coefficient (Wildman–Crippen LogP) is 4.19. The lowest BCUT2D eigenvalue weighted by atomic mass is 9.85. The van der Waals surface area contributed by atoms with E-state index in [-0.39, 0.29) is 17.4 Å². The van der Waals surface area contributed by atoms with Crippen LogP contribution in [0.2, 0.25) is 0 Å². The molecule has 1 unspecified atom stereocenters. The second-order valence-electron chi connectivity index (χ2n) is 8.70. The normalized spacial score (nSPS) is 16.6. The summed E-state index contributed by atoms with van der Waals surface area (Å²) < 4.78 is 7.26. The van der Waals surface area contributed by atoms with E-state index >= 15 is 0 Å². The van der Waals surface area contributed by atoms with Gasteiger partial charge < -0.3 is 9.42 Å². The lowest BCUT2D eigenvalue weighted by Crippen LogP contribution is -2.41. The highest BCUT2D eigenvalue weighted by Gasteiger charge is 2.31. The molecule has 3 aromatic rings. The Morgan fingerprint density at radius 1 is 1.24 bits per heavy atom. The van der Waals surface area contributed by atoms with Crippen LogP contribution in [0.5, 0.6) is 0 Å². The van der Waals surface area contributed by atoms with E-state index in [0.717, 1.165) is 22.6 Å². The van der Waals surface area contributed by atoms with Gasteiger partial charge in [-0.25, -0.2) is 4.79 Å². The van der Waals surface area contributed by atoms with Crippen LogP contribution in [0.1, 0.15) is 54.8 Å². The minimum Gasteiger partial charge on any atom is -0.359 e. The summed E-state index contributed by atoms with van der Waals surface area (Å²) in [6, 6.07) is 9.91. The van der Waals surface area contributed by atoms with E-state index in [4.69, 9.17) is 4.52 Å². The molecule has 0 saturated heterocycles. The summed E-state index contributed by atoms with van der Waals surface area (Å²) in [6.07, 6.45) is 1.91. The van der Waals surface area contributed by atoms with Crippen molar-refractivity contribution in [2.24, 2.45) is 7.05 Å². The second kappa shape index (κ2) is 7.06. The number of hydrogen-bond donors (Lipinski definition) is 1. The van der Waals surface area contributed by atoms with Gasteiger partial charge in [0.15, 0.2) is 5.82 Å². The number of urea groups is 1. The number of carbonyl (C=O) groups is 1. The molecule has 2 aromatic heterocycles. The molecule has 1 aromatic carbocycles. The lowest BCUT2D eigenvalue weighted by molar-refractivity contribution is 0.202. The zero-order valence-corrected chi connectivity index (χ0v) is 17.6. The fourth-order valence-electron chi connectivity index (χ4n) is 3.76. The van der Waals surface area contributed by atoms with Crippen molar-refractivity contribution in [1.82, 2.24) is 19.8 Å². The fraction of sp³-hybridized carbons (Fsp3) is 0.409. The van der Waals surface area contributed by atoms with Crippen molar-refractivity contribution in [3.8, 4) is 0 Å². The van der Waals surface area contributed by atoms with Crippen LogP contribution in [0.25, 0.3) is 0 Å². The first-order valence-electron chi connectivity index (χ1n) is 9.83. The van der Waals surface area contributed by atoms with Crippen LogP contribution in [0, 0.1) is 6.92 Å². The van der Waals surface area contributed by atoms with Crippen molar-refractivity contribution in [2.45, 2.75) is 45.6 Å². The van der Waals surface area contributed by atoms with Gasteiger partial charge in [0.25, 0.3) is 0 Å². The minimum absolute atomic E-state index is 0.0850. The van der Waals surface area contributed by atoms with Crippen LogP contribution in [-0.2, 0) is 19.0 Å². The van der Waals surface area contributed by atoms with Gasteiger partial charge in [-0.15, -0.1) is 0 Å². The third-order valence-corrected chi connectivity index (χ3v) is 5.61. The van der Waals surface area contributed by atoms with Crippen LogP contribution in [-0.4, -0.2) is 32.4 Å². The molecule has 0 saturated carbocycles. The molecule has 7 nitrogen and oxygen atoms in total. The number of benzene rings is 1. The van der Waals surface area contributed by atoms with Gasteiger partial charge in [-0.3, -0.25) is 10.00 Å². The predicted molar refractivity (Wildman–Crippen MR) is 111 cm³/mol. The summed E-state index contributed by atoms with van der Waals surface area (Å²) in [5.41, 5.74) is 4.50. The SMILES string of the molecule is Cc1c(C2CN(C(=O)Nc3cc(C(C)(C)C)on3)Cc3ccccc32)cnn1C. The molecule has 7 heteroatoms. The molecule has 0 aliphatic carbocycles. The third-order valence-electron chi connectivity index (χ3n) is 5.61. The van der Waals surface area contributed by atoms with Crippen molar-refractivity contribution < 1.29 is 9.32 Å². The number of amides is 2.